The lowest BCUT2D eigenvalue weighted by Gasteiger charge is -2.40. The number of thiophene rings is 1. The van der Waals surface area contributed by atoms with Crippen LogP contribution in [0.5, 0.6) is 0 Å². The Kier molecular flexibility index (Phi) is 8.15. The summed E-state index contributed by atoms with van der Waals surface area (Å²) < 4.78 is 127. The Morgan fingerprint density at radius 1 is 1.00 bits per heavy atom. The van der Waals surface area contributed by atoms with E-state index in [1.807, 2.05) is 0 Å². The standard InChI is InChI=1S/C25H22F5NO6S3/c1-37-23(32)22-21(10-13-38-22)40(35,36)31-17-8-11-24(12-9-17,19-14-16(26)4-7-20(19)27)39(33,34)18-5-2-15(3-6-18)25(28,29)30/h2-7,10,13-14,17,31H,8-9,11-12H2,1H3. The van der Waals surface area contributed by atoms with E-state index in [-0.39, 0.29) is 35.5 Å². The van der Waals surface area contributed by atoms with Crippen LogP contribution in [0.25, 0.3) is 0 Å². The molecule has 1 aliphatic carbocycles. The van der Waals surface area contributed by atoms with E-state index >= 15 is 4.39 Å². The number of hydrogen-bond acceptors (Lipinski definition) is 7. The number of nitrogens with one attached hydrogen (secondary N) is 1. The number of methoxy groups -OCH3 is 1. The van der Waals surface area contributed by atoms with E-state index in [2.05, 4.69) is 9.46 Å². The van der Waals surface area contributed by atoms with Crippen LogP contribution in [0.4, 0.5) is 22.0 Å². The molecule has 4 rings (SSSR count). The van der Waals surface area contributed by atoms with Crippen molar-refractivity contribution in [2.45, 2.75) is 52.4 Å². The summed E-state index contributed by atoms with van der Waals surface area (Å²) in [5.74, 6) is -2.81. The maximum Gasteiger partial charge on any atom is 0.416 e. The predicted octanol–water partition coefficient (Wildman–Crippen LogP) is 5.42. The number of carbonyl (C=O) groups excluding carboxylic acids is 1. The molecule has 0 saturated heterocycles. The van der Waals surface area contributed by atoms with Crippen molar-refractivity contribution in [1.82, 2.24) is 4.72 Å². The molecule has 216 valence electrons. The lowest BCUT2D eigenvalue weighted by Crippen LogP contribution is -2.46. The van der Waals surface area contributed by atoms with E-state index in [0.717, 1.165) is 48.8 Å². The molecule has 0 unspecified atom stereocenters. The molecule has 1 aliphatic rings. The van der Waals surface area contributed by atoms with Gasteiger partial charge in [-0.1, -0.05) is 0 Å². The number of ether oxygens (including phenoxy) is 1. The number of sulfonamides is 1. The number of alkyl halides is 3. The predicted molar refractivity (Wildman–Crippen MR) is 135 cm³/mol. The highest BCUT2D eigenvalue weighted by molar-refractivity contribution is 7.92. The van der Waals surface area contributed by atoms with Gasteiger partial charge in [-0.25, -0.2) is 35.1 Å². The Labute approximate surface area is 231 Å². The second-order valence-electron chi connectivity index (χ2n) is 9.15. The van der Waals surface area contributed by atoms with Gasteiger partial charge >= 0.3 is 12.1 Å². The zero-order chi connectivity index (χ0) is 29.5. The molecule has 7 nitrogen and oxygen atoms in total. The van der Waals surface area contributed by atoms with Gasteiger partial charge in [0.1, 0.15) is 26.2 Å². The second-order valence-corrected chi connectivity index (χ2v) is 14.0. The van der Waals surface area contributed by atoms with Crippen molar-refractivity contribution >= 4 is 37.2 Å². The van der Waals surface area contributed by atoms with Crippen LogP contribution in [0.15, 0.2) is 63.7 Å². The molecule has 0 radical (unpaired) electrons. The normalized spacial score (nSPS) is 20.3. The van der Waals surface area contributed by atoms with Crippen LogP contribution < -0.4 is 4.72 Å². The van der Waals surface area contributed by atoms with Crippen molar-refractivity contribution in [3.63, 3.8) is 0 Å². The molecular formula is C25H22F5NO6S3. The Morgan fingerprint density at radius 2 is 1.62 bits per heavy atom. The average molecular weight is 624 g/mol. The van der Waals surface area contributed by atoms with Crippen LogP contribution in [-0.2, 0) is 35.5 Å². The van der Waals surface area contributed by atoms with Crippen molar-refractivity contribution in [3.8, 4) is 0 Å². The van der Waals surface area contributed by atoms with E-state index in [0.29, 0.717) is 12.1 Å². The minimum atomic E-state index is -4.72. The molecule has 1 saturated carbocycles. The summed E-state index contributed by atoms with van der Waals surface area (Å²) in [7, 11) is -7.78. The van der Waals surface area contributed by atoms with E-state index < -0.39 is 70.5 Å². The molecule has 2 aromatic carbocycles. The summed E-state index contributed by atoms with van der Waals surface area (Å²) >= 11 is 0.854. The van der Waals surface area contributed by atoms with Gasteiger partial charge in [0.2, 0.25) is 10.0 Å². The molecular weight excluding hydrogens is 601 g/mol. The Morgan fingerprint density at radius 3 is 2.20 bits per heavy atom. The van der Waals surface area contributed by atoms with Gasteiger partial charge in [0.05, 0.1) is 17.6 Å². The number of benzene rings is 2. The van der Waals surface area contributed by atoms with Gasteiger partial charge in [-0.2, -0.15) is 13.2 Å². The molecule has 1 N–H and O–H groups in total. The minimum absolute atomic E-state index is 0.146. The summed E-state index contributed by atoms with van der Waals surface area (Å²) in [4.78, 5) is 10.9. The third-order valence-electron chi connectivity index (χ3n) is 6.83. The van der Waals surface area contributed by atoms with Crippen LogP contribution in [0, 0.1) is 11.6 Å². The van der Waals surface area contributed by atoms with Crippen molar-refractivity contribution in [1.29, 1.82) is 0 Å². The average Bonchev–Trinajstić information content (AvgIpc) is 3.41. The molecule has 1 aromatic heterocycles. The van der Waals surface area contributed by atoms with Gasteiger partial charge in [0.15, 0.2) is 9.84 Å². The topological polar surface area (TPSA) is 107 Å². The highest BCUT2D eigenvalue weighted by Crippen LogP contribution is 2.48. The molecule has 1 heterocycles. The first kappa shape index (κ1) is 30.1. The highest BCUT2D eigenvalue weighted by atomic mass is 32.2. The van der Waals surface area contributed by atoms with Gasteiger partial charge in [0.25, 0.3) is 0 Å². The molecule has 0 bridgehead atoms. The summed E-state index contributed by atoms with van der Waals surface area (Å²) in [5, 5.41) is 1.38. The fourth-order valence-electron chi connectivity index (χ4n) is 4.81. The third-order valence-corrected chi connectivity index (χ3v) is 12.0. The molecule has 0 aliphatic heterocycles. The largest absolute Gasteiger partial charge is 0.465 e. The fraction of sp³-hybridized carbons (Fsp3) is 0.320. The molecule has 0 spiro atoms. The van der Waals surface area contributed by atoms with Crippen molar-refractivity contribution in [2.24, 2.45) is 0 Å². The number of esters is 1. The zero-order valence-electron chi connectivity index (χ0n) is 20.7. The van der Waals surface area contributed by atoms with Crippen molar-refractivity contribution < 1.29 is 48.3 Å². The molecule has 1 fully saturated rings. The SMILES string of the molecule is COC(=O)c1sccc1S(=O)(=O)NC1CCC(c2cc(F)ccc2F)(S(=O)(=O)c2ccc(C(F)(F)F)cc2)CC1. The summed E-state index contributed by atoms with van der Waals surface area (Å²) in [6.07, 6.45) is -5.77. The van der Waals surface area contributed by atoms with Crippen LogP contribution >= 0.6 is 11.3 Å². The van der Waals surface area contributed by atoms with Crippen molar-refractivity contribution in [3.05, 3.63) is 81.5 Å². The summed E-state index contributed by atoms with van der Waals surface area (Å²) in [6.45, 7) is 0. The van der Waals surface area contributed by atoms with E-state index in [1.165, 1.54) is 11.4 Å². The van der Waals surface area contributed by atoms with Crippen molar-refractivity contribution in [2.75, 3.05) is 7.11 Å². The van der Waals surface area contributed by atoms with E-state index in [1.54, 1.807) is 0 Å². The molecule has 15 heteroatoms. The monoisotopic (exact) mass is 623 g/mol. The smallest absolute Gasteiger partial charge is 0.416 e. The van der Waals surface area contributed by atoms with E-state index in [9.17, 15) is 39.2 Å². The Bertz CT molecular complexity index is 1630. The van der Waals surface area contributed by atoms with Crippen LogP contribution in [0.2, 0.25) is 0 Å². The van der Waals surface area contributed by atoms with Crippen LogP contribution in [0.1, 0.15) is 46.5 Å². The zero-order valence-corrected chi connectivity index (χ0v) is 23.1. The number of rotatable bonds is 7. The number of sulfone groups is 1. The number of carbonyl (C=O) groups is 1. The Balaban J connectivity index is 1.69. The van der Waals surface area contributed by atoms with Gasteiger partial charge in [-0.3, -0.25) is 0 Å². The van der Waals surface area contributed by atoms with Crippen LogP contribution in [-0.4, -0.2) is 36.0 Å². The Hall–Kier alpha value is -2.88. The molecule has 0 amide bonds. The first-order valence-corrected chi connectivity index (χ1v) is 15.5. The molecule has 0 atom stereocenters. The number of hydrogen-bond donors (Lipinski definition) is 1. The van der Waals surface area contributed by atoms with Gasteiger partial charge < -0.3 is 4.74 Å². The molecule has 40 heavy (non-hydrogen) atoms. The minimum Gasteiger partial charge on any atom is -0.465 e. The lowest BCUT2D eigenvalue weighted by atomic mass is 9.80. The first-order valence-electron chi connectivity index (χ1n) is 11.7. The maximum atomic E-state index is 15.0. The van der Waals surface area contributed by atoms with Gasteiger partial charge in [-0.15, -0.1) is 11.3 Å². The lowest BCUT2D eigenvalue weighted by molar-refractivity contribution is -0.137. The van der Waals surface area contributed by atoms with Gasteiger partial charge in [0, 0.05) is 11.6 Å². The summed E-state index contributed by atoms with van der Waals surface area (Å²) in [5.41, 5.74) is -1.59. The quantitative estimate of drug-likeness (QED) is 0.278. The maximum absolute atomic E-state index is 15.0. The van der Waals surface area contributed by atoms with Gasteiger partial charge in [-0.05, 0) is 79.6 Å². The third kappa shape index (κ3) is 5.51. The van der Waals surface area contributed by atoms with Crippen LogP contribution in [0.3, 0.4) is 0 Å². The highest BCUT2D eigenvalue weighted by Gasteiger charge is 2.50. The fourth-order valence-corrected chi connectivity index (χ4v) is 9.62. The molecule has 3 aromatic rings. The summed E-state index contributed by atoms with van der Waals surface area (Å²) in [6, 6.07) is 5.35. The van der Waals surface area contributed by atoms with E-state index in [4.69, 9.17) is 0 Å². The first-order chi connectivity index (χ1) is 18.6. The number of halogens is 5. The second kappa shape index (κ2) is 10.8.